The van der Waals surface area contributed by atoms with Crippen molar-refractivity contribution in [1.82, 2.24) is 15.2 Å². The monoisotopic (exact) mass is 244 g/mol. The second-order valence-corrected chi connectivity index (χ2v) is 4.17. The van der Waals surface area contributed by atoms with Gasteiger partial charge in [0.2, 0.25) is 0 Å². The quantitative estimate of drug-likeness (QED) is 0.878. The Bertz CT molecular complexity index is 513. The van der Waals surface area contributed by atoms with Gasteiger partial charge in [-0.15, -0.1) is 5.10 Å². The van der Waals surface area contributed by atoms with Gasteiger partial charge in [0.25, 0.3) is 0 Å². The molecule has 0 bridgehead atoms. The zero-order chi connectivity index (χ0) is 13.0. The van der Waals surface area contributed by atoms with Crippen molar-refractivity contribution in [2.75, 3.05) is 11.9 Å². The molecule has 5 nitrogen and oxygen atoms in total. The van der Waals surface area contributed by atoms with Crippen LogP contribution >= 0.6 is 0 Å². The van der Waals surface area contributed by atoms with Gasteiger partial charge in [0.1, 0.15) is 0 Å². The molecule has 0 unspecified atom stereocenters. The number of nitrogens with zero attached hydrogens (tertiary/aromatic N) is 4. The average molecular weight is 244 g/mol. The summed E-state index contributed by atoms with van der Waals surface area (Å²) < 4.78 is 0. The van der Waals surface area contributed by atoms with E-state index >= 15 is 0 Å². The lowest BCUT2D eigenvalue weighted by Gasteiger charge is -2.17. The SMILES string of the molecule is Cc1cccc(CN(C)c2ccc(CO)nn2)n1. The molecule has 0 aromatic carbocycles. The number of anilines is 1. The number of aromatic nitrogens is 3. The molecule has 0 aliphatic carbocycles. The molecule has 94 valence electrons. The minimum atomic E-state index is -0.0869. The summed E-state index contributed by atoms with van der Waals surface area (Å²) in [5.74, 6) is 0.760. The Kier molecular flexibility index (Phi) is 3.84. The molecule has 0 saturated carbocycles. The summed E-state index contributed by atoms with van der Waals surface area (Å²) in [5.41, 5.74) is 2.56. The average Bonchev–Trinajstić information content (AvgIpc) is 2.39. The second kappa shape index (κ2) is 5.55. The largest absolute Gasteiger partial charge is 0.390 e. The first-order chi connectivity index (χ1) is 8.69. The van der Waals surface area contributed by atoms with Crippen molar-refractivity contribution in [3.8, 4) is 0 Å². The summed E-state index contributed by atoms with van der Waals surface area (Å²) in [7, 11) is 1.94. The highest BCUT2D eigenvalue weighted by atomic mass is 16.3. The van der Waals surface area contributed by atoms with E-state index in [1.807, 2.05) is 43.1 Å². The van der Waals surface area contributed by atoms with Crippen LogP contribution in [0.2, 0.25) is 0 Å². The standard InChI is InChI=1S/C13H16N4O/c1-10-4-3-5-11(14-10)8-17(2)13-7-6-12(9-18)15-16-13/h3-7,18H,8-9H2,1-2H3. The van der Waals surface area contributed by atoms with Crippen molar-refractivity contribution in [1.29, 1.82) is 0 Å². The number of hydrogen-bond acceptors (Lipinski definition) is 5. The minimum absolute atomic E-state index is 0.0869. The van der Waals surface area contributed by atoms with E-state index in [4.69, 9.17) is 5.11 Å². The lowest BCUT2D eigenvalue weighted by molar-refractivity contribution is 0.275. The molecule has 5 heteroatoms. The Morgan fingerprint density at radius 2 is 1.94 bits per heavy atom. The number of hydrogen-bond donors (Lipinski definition) is 1. The third-order valence-electron chi connectivity index (χ3n) is 2.60. The van der Waals surface area contributed by atoms with Crippen LogP contribution in [0.15, 0.2) is 30.3 Å². The zero-order valence-electron chi connectivity index (χ0n) is 10.5. The van der Waals surface area contributed by atoms with Gasteiger partial charge in [-0.05, 0) is 31.2 Å². The number of rotatable bonds is 4. The van der Waals surface area contributed by atoms with Gasteiger partial charge in [-0.2, -0.15) is 5.10 Å². The van der Waals surface area contributed by atoms with E-state index in [1.54, 1.807) is 6.07 Å². The molecule has 0 saturated heterocycles. The van der Waals surface area contributed by atoms with Gasteiger partial charge < -0.3 is 10.0 Å². The van der Waals surface area contributed by atoms with Gasteiger partial charge in [0, 0.05) is 12.7 Å². The van der Waals surface area contributed by atoms with Crippen LogP contribution in [0, 0.1) is 6.92 Å². The Morgan fingerprint density at radius 1 is 1.11 bits per heavy atom. The van der Waals surface area contributed by atoms with Gasteiger partial charge in [-0.25, -0.2) is 0 Å². The molecular weight excluding hydrogens is 228 g/mol. The minimum Gasteiger partial charge on any atom is -0.390 e. The number of aliphatic hydroxyl groups excluding tert-OH is 1. The molecule has 0 aliphatic rings. The van der Waals surface area contributed by atoms with Crippen LogP contribution in [0.3, 0.4) is 0 Å². The van der Waals surface area contributed by atoms with E-state index in [-0.39, 0.29) is 6.61 Å². The van der Waals surface area contributed by atoms with Gasteiger partial charge in [0.05, 0.1) is 24.5 Å². The molecule has 0 amide bonds. The summed E-state index contributed by atoms with van der Waals surface area (Å²) in [6, 6.07) is 9.56. The predicted molar refractivity (Wildman–Crippen MR) is 69.0 cm³/mol. The molecule has 0 atom stereocenters. The fraction of sp³-hybridized carbons (Fsp3) is 0.308. The van der Waals surface area contributed by atoms with Gasteiger partial charge >= 0.3 is 0 Å². The first-order valence-corrected chi connectivity index (χ1v) is 5.76. The number of aryl methyl sites for hydroxylation is 1. The third kappa shape index (κ3) is 3.01. The van der Waals surface area contributed by atoms with Crippen molar-refractivity contribution < 1.29 is 5.11 Å². The number of pyridine rings is 1. The van der Waals surface area contributed by atoms with E-state index in [1.165, 1.54) is 0 Å². The van der Waals surface area contributed by atoms with Gasteiger partial charge in [-0.3, -0.25) is 4.98 Å². The summed E-state index contributed by atoms with van der Waals surface area (Å²) in [6.07, 6.45) is 0. The van der Waals surface area contributed by atoms with Crippen molar-refractivity contribution in [2.45, 2.75) is 20.1 Å². The van der Waals surface area contributed by atoms with E-state index in [0.717, 1.165) is 17.2 Å². The summed E-state index contributed by atoms with van der Waals surface area (Å²) >= 11 is 0. The molecule has 2 heterocycles. The van der Waals surface area contributed by atoms with Crippen molar-refractivity contribution in [2.24, 2.45) is 0 Å². The topological polar surface area (TPSA) is 62.1 Å². The first-order valence-electron chi connectivity index (χ1n) is 5.76. The normalized spacial score (nSPS) is 10.4. The van der Waals surface area contributed by atoms with Crippen molar-refractivity contribution >= 4 is 5.82 Å². The molecule has 2 aromatic heterocycles. The summed E-state index contributed by atoms with van der Waals surface area (Å²) in [4.78, 5) is 6.41. The van der Waals surface area contributed by atoms with E-state index in [9.17, 15) is 0 Å². The molecule has 2 aromatic rings. The van der Waals surface area contributed by atoms with Gasteiger partial charge in [-0.1, -0.05) is 6.07 Å². The fourth-order valence-electron chi connectivity index (χ4n) is 1.65. The van der Waals surface area contributed by atoms with E-state index < -0.39 is 0 Å². The first kappa shape index (κ1) is 12.4. The van der Waals surface area contributed by atoms with Crippen LogP contribution in [0.25, 0.3) is 0 Å². The van der Waals surface area contributed by atoms with Crippen LogP contribution in [0.5, 0.6) is 0 Å². The molecule has 0 radical (unpaired) electrons. The van der Waals surface area contributed by atoms with Crippen LogP contribution in [0.4, 0.5) is 5.82 Å². The maximum absolute atomic E-state index is 8.91. The maximum Gasteiger partial charge on any atom is 0.151 e. The fourth-order valence-corrected chi connectivity index (χ4v) is 1.65. The Morgan fingerprint density at radius 3 is 2.56 bits per heavy atom. The molecule has 0 fully saturated rings. The van der Waals surface area contributed by atoms with Crippen LogP contribution < -0.4 is 4.90 Å². The van der Waals surface area contributed by atoms with Crippen molar-refractivity contribution in [3.05, 3.63) is 47.4 Å². The molecule has 0 spiro atoms. The maximum atomic E-state index is 8.91. The molecule has 2 rings (SSSR count). The van der Waals surface area contributed by atoms with Crippen molar-refractivity contribution in [3.63, 3.8) is 0 Å². The summed E-state index contributed by atoms with van der Waals surface area (Å²) in [6.45, 7) is 2.56. The molecular formula is C13H16N4O. The van der Waals surface area contributed by atoms with Gasteiger partial charge in [0.15, 0.2) is 5.82 Å². The van der Waals surface area contributed by atoms with Crippen LogP contribution in [0.1, 0.15) is 17.1 Å². The third-order valence-corrected chi connectivity index (χ3v) is 2.60. The second-order valence-electron chi connectivity index (χ2n) is 4.17. The molecule has 18 heavy (non-hydrogen) atoms. The highest BCUT2D eigenvalue weighted by Crippen LogP contribution is 2.11. The Labute approximate surface area is 106 Å². The van der Waals surface area contributed by atoms with E-state index in [2.05, 4.69) is 15.2 Å². The summed E-state index contributed by atoms with van der Waals surface area (Å²) in [5, 5.41) is 16.9. The molecule has 1 N–H and O–H groups in total. The molecule has 0 aliphatic heterocycles. The number of aliphatic hydroxyl groups is 1. The van der Waals surface area contributed by atoms with Crippen LogP contribution in [-0.4, -0.2) is 27.3 Å². The Balaban J connectivity index is 2.09. The predicted octanol–water partition coefficient (Wildman–Crippen LogP) is 1.31. The van der Waals surface area contributed by atoms with E-state index in [0.29, 0.717) is 12.2 Å². The highest BCUT2D eigenvalue weighted by molar-refractivity contribution is 5.36. The smallest absolute Gasteiger partial charge is 0.151 e. The Hall–Kier alpha value is -2.01. The lowest BCUT2D eigenvalue weighted by Crippen LogP contribution is -2.19. The lowest BCUT2D eigenvalue weighted by atomic mass is 10.3. The zero-order valence-corrected chi connectivity index (χ0v) is 10.5. The van der Waals surface area contributed by atoms with Crippen LogP contribution in [-0.2, 0) is 13.2 Å². The highest BCUT2D eigenvalue weighted by Gasteiger charge is 2.05.